The molecule has 65 heavy (non-hydrogen) atoms. The number of hydrogen-bond acceptors (Lipinski definition) is 3. The average Bonchev–Trinajstić information content (AvgIpc) is 3.66. The van der Waals surface area contributed by atoms with Crippen molar-refractivity contribution in [3.63, 3.8) is 0 Å². The molecule has 0 spiro atoms. The van der Waals surface area contributed by atoms with Crippen LogP contribution >= 0.6 is 11.3 Å². The first-order valence-electron chi connectivity index (χ1n) is 23.8. The molecule has 4 heteroatoms. The third-order valence-electron chi connectivity index (χ3n) is 15.1. The molecular weight excluding hydrogens is 804 g/mol. The van der Waals surface area contributed by atoms with E-state index in [1.807, 2.05) is 11.3 Å². The molecule has 2 nitrogen and oxygen atoms in total. The van der Waals surface area contributed by atoms with Gasteiger partial charge in [0.2, 0.25) is 0 Å². The van der Waals surface area contributed by atoms with Crippen LogP contribution in [0.2, 0.25) is 0 Å². The summed E-state index contributed by atoms with van der Waals surface area (Å²) in [7, 11) is 0. The summed E-state index contributed by atoms with van der Waals surface area (Å²) in [6.07, 6.45) is 2.33. The zero-order chi connectivity index (χ0) is 45.4. The fourth-order valence-electron chi connectivity index (χ4n) is 11.2. The predicted molar refractivity (Wildman–Crippen MR) is 284 cm³/mol. The van der Waals surface area contributed by atoms with Gasteiger partial charge in [0.05, 0.1) is 11.4 Å². The third kappa shape index (κ3) is 6.73. The quantitative estimate of drug-likeness (QED) is 0.163. The lowest BCUT2D eigenvalue weighted by Crippen LogP contribution is -2.61. The molecule has 3 aliphatic rings. The SMILES string of the molecule is Cc1cc2c3c(c1)N(c1ccccc1)c1c(sc4ccc(-c5ccc(C(C)(C)C)cc5)cc14)B3c1cc3c(cc1N2c1ccc(C(C)(C)C)cc1-c1ccccc1)C(C)(C)CCC3(C)C. The third-order valence-corrected chi connectivity index (χ3v) is 16.3. The molecule has 0 bridgehead atoms. The normalized spacial score (nSPS) is 16.0. The van der Waals surface area contributed by atoms with Gasteiger partial charge in [0.1, 0.15) is 0 Å². The molecule has 324 valence electrons. The molecule has 0 fully saturated rings. The molecule has 1 aliphatic carbocycles. The van der Waals surface area contributed by atoms with E-state index in [4.69, 9.17) is 0 Å². The Bertz CT molecular complexity index is 3180. The molecule has 11 rings (SSSR count). The minimum absolute atomic E-state index is 0.00630. The fourth-order valence-corrected chi connectivity index (χ4v) is 12.5. The number of anilines is 6. The van der Waals surface area contributed by atoms with Crippen LogP contribution in [0.5, 0.6) is 0 Å². The first-order valence-corrected chi connectivity index (χ1v) is 24.6. The Hall–Kier alpha value is -5.84. The van der Waals surface area contributed by atoms with Gasteiger partial charge in [-0.1, -0.05) is 160 Å². The molecule has 3 heterocycles. The minimum Gasteiger partial charge on any atom is -0.311 e. The monoisotopic (exact) mass is 864 g/mol. The lowest BCUT2D eigenvalue weighted by molar-refractivity contribution is 0.332. The number of rotatable bonds is 4. The Balaban J connectivity index is 1.24. The standard InChI is InChI=1S/C61H61BN2S/c1-38-32-52-55-53(33-38)64(50-28-27-43(59(5,6)7)35-45(50)40-18-14-12-15-19-40)51-37-48-47(60(8,9)30-31-61(48,10)11)36-49(51)62(55)57-56(63(52)44-20-16-13-17-21-44)46-34-41(24-29-54(46)65-57)39-22-25-42(26-23-39)58(2,3)4/h12-29,32-37H,30-31H2,1-11H3. The number of thiophene rings is 1. The second-order valence-corrected chi connectivity index (χ2v) is 23.7. The first kappa shape index (κ1) is 41.8. The lowest BCUT2D eigenvalue weighted by atomic mass is 9.35. The van der Waals surface area contributed by atoms with Gasteiger partial charge in [0.25, 0.3) is 6.71 Å². The molecule has 0 saturated carbocycles. The molecule has 2 aliphatic heterocycles. The van der Waals surface area contributed by atoms with Crippen LogP contribution in [0.3, 0.4) is 0 Å². The van der Waals surface area contributed by atoms with Crippen molar-refractivity contribution in [1.82, 2.24) is 0 Å². The Kier molecular flexibility index (Phi) is 9.39. The highest BCUT2D eigenvalue weighted by atomic mass is 32.1. The van der Waals surface area contributed by atoms with Crippen molar-refractivity contribution < 1.29 is 0 Å². The van der Waals surface area contributed by atoms with E-state index in [-0.39, 0.29) is 28.4 Å². The summed E-state index contributed by atoms with van der Waals surface area (Å²) in [5.41, 5.74) is 22.5. The summed E-state index contributed by atoms with van der Waals surface area (Å²) in [5, 5.41) is 1.31. The van der Waals surface area contributed by atoms with Crippen LogP contribution in [0.15, 0.2) is 146 Å². The van der Waals surface area contributed by atoms with Crippen LogP contribution < -0.4 is 25.5 Å². The Morgan fingerprint density at radius 1 is 0.523 bits per heavy atom. The van der Waals surface area contributed by atoms with Gasteiger partial charge in [-0.2, -0.15) is 0 Å². The molecule has 7 aromatic carbocycles. The van der Waals surface area contributed by atoms with Crippen molar-refractivity contribution in [2.75, 3.05) is 9.80 Å². The summed E-state index contributed by atoms with van der Waals surface area (Å²) >= 11 is 1.99. The van der Waals surface area contributed by atoms with Gasteiger partial charge in [0, 0.05) is 43.2 Å². The van der Waals surface area contributed by atoms with Crippen molar-refractivity contribution in [1.29, 1.82) is 0 Å². The molecule has 0 atom stereocenters. The van der Waals surface area contributed by atoms with Crippen molar-refractivity contribution in [2.24, 2.45) is 0 Å². The Morgan fingerprint density at radius 3 is 1.75 bits per heavy atom. The van der Waals surface area contributed by atoms with Crippen LogP contribution in [0.1, 0.15) is 110 Å². The van der Waals surface area contributed by atoms with E-state index in [0.29, 0.717) is 0 Å². The smallest absolute Gasteiger partial charge is 0.264 e. The molecule has 8 aromatic rings. The molecule has 1 aromatic heterocycles. The molecular formula is C61H61BN2S. The van der Waals surface area contributed by atoms with Gasteiger partial charge < -0.3 is 9.80 Å². The molecule has 0 amide bonds. The van der Waals surface area contributed by atoms with E-state index in [9.17, 15) is 0 Å². The minimum atomic E-state index is -0.00630. The van der Waals surface area contributed by atoms with E-state index in [1.54, 1.807) is 0 Å². The summed E-state index contributed by atoms with van der Waals surface area (Å²) in [4.78, 5) is 5.28. The van der Waals surface area contributed by atoms with Crippen LogP contribution in [0.4, 0.5) is 34.1 Å². The van der Waals surface area contributed by atoms with E-state index in [0.717, 1.165) is 0 Å². The van der Waals surface area contributed by atoms with E-state index < -0.39 is 0 Å². The maximum absolute atomic E-state index is 2.68. The maximum atomic E-state index is 2.68. The van der Waals surface area contributed by atoms with E-state index in [2.05, 4.69) is 232 Å². The number of aryl methyl sites for hydroxylation is 1. The van der Waals surface area contributed by atoms with Crippen LogP contribution in [0.25, 0.3) is 32.3 Å². The maximum Gasteiger partial charge on any atom is 0.264 e. The van der Waals surface area contributed by atoms with Gasteiger partial charge in [-0.15, -0.1) is 11.3 Å². The van der Waals surface area contributed by atoms with Gasteiger partial charge in [0.15, 0.2) is 0 Å². The second-order valence-electron chi connectivity index (χ2n) is 22.6. The molecule has 0 N–H and O–H groups in total. The first-order chi connectivity index (χ1) is 30.9. The van der Waals surface area contributed by atoms with Crippen LogP contribution in [-0.4, -0.2) is 6.71 Å². The van der Waals surface area contributed by atoms with Crippen LogP contribution in [-0.2, 0) is 21.7 Å². The van der Waals surface area contributed by atoms with Crippen molar-refractivity contribution >= 4 is 78.0 Å². The molecule has 0 radical (unpaired) electrons. The lowest BCUT2D eigenvalue weighted by Gasteiger charge is -2.47. The zero-order valence-electron chi connectivity index (χ0n) is 40.2. The van der Waals surface area contributed by atoms with E-state index >= 15 is 0 Å². The average molecular weight is 865 g/mol. The van der Waals surface area contributed by atoms with Gasteiger partial charge >= 0.3 is 0 Å². The summed E-state index contributed by atoms with van der Waals surface area (Å²) in [6.45, 7) is 26.1. The number of nitrogens with zero attached hydrogens (tertiary/aromatic N) is 2. The van der Waals surface area contributed by atoms with E-state index in [1.165, 1.54) is 123 Å². The van der Waals surface area contributed by atoms with Gasteiger partial charge in [-0.3, -0.25) is 0 Å². The molecule has 0 saturated heterocycles. The number of fused-ring (bicyclic) bond motifs is 7. The highest BCUT2D eigenvalue weighted by molar-refractivity contribution is 7.33. The molecule has 0 unspecified atom stereocenters. The Morgan fingerprint density at radius 2 is 1.11 bits per heavy atom. The number of benzene rings is 7. The van der Waals surface area contributed by atoms with Crippen molar-refractivity contribution in [3.05, 3.63) is 173 Å². The van der Waals surface area contributed by atoms with Gasteiger partial charge in [-0.05, 0) is 151 Å². The Labute approximate surface area is 392 Å². The highest BCUT2D eigenvalue weighted by Gasteiger charge is 2.48. The topological polar surface area (TPSA) is 6.48 Å². The number of hydrogen-bond donors (Lipinski definition) is 0. The van der Waals surface area contributed by atoms with Crippen molar-refractivity contribution in [3.8, 4) is 22.3 Å². The summed E-state index contributed by atoms with van der Waals surface area (Å²) < 4.78 is 2.74. The summed E-state index contributed by atoms with van der Waals surface area (Å²) in [6, 6.07) is 56.2. The highest BCUT2D eigenvalue weighted by Crippen LogP contribution is 2.53. The number of para-hydroxylation sites is 1. The van der Waals surface area contributed by atoms with Crippen LogP contribution in [0, 0.1) is 6.92 Å². The second kappa shape index (κ2) is 14.6. The zero-order valence-corrected chi connectivity index (χ0v) is 41.0. The summed E-state index contributed by atoms with van der Waals surface area (Å²) in [5.74, 6) is 0. The largest absolute Gasteiger partial charge is 0.311 e. The predicted octanol–water partition coefficient (Wildman–Crippen LogP) is 15.6. The van der Waals surface area contributed by atoms with Crippen molar-refractivity contribution in [2.45, 2.75) is 111 Å². The van der Waals surface area contributed by atoms with Gasteiger partial charge in [-0.25, -0.2) is 0 Å². The fraction of sp³-hybridized carbons (Fsp3) is 0.279.